The number of ether oxygens (including phenoxy) is 1. The summed E-state index contributed by atoms with van der Waals surface area (Å²) in [5.74, 6) is 0.994. The lowest BCUT2D eigenvalue weighted by Crippen LogP contribution is -2.19. The quantitative estimate of drug-likeness (QED) is 0.197. The summed E-state index contributed by atoms with van der Waals surface area (Å²) in [5.41, 5.74) is 5.54. The van der Waals surface area contributed by atoms with E-state index in [0.29, 0.717) is 42.6 Å². The molecule has 0 atom stereocenters. The van der Waals surface area contributed by atoms with Gasteiger partial charge in [-0.25, -0.2) is 0 Å². The monoisotopic (exact) mass is 531 g/mol. The molecule has 2 heterocycles. The number of hydrogen-bond acceptors (Lipinski definition) is 6. The fraction of sp³-hybridized carbons (Fsp3) is 0.182. The maximum Gasteiger partial charge on any atom is 0.314 e. The number of pyridine rings is 1. The molecule has 3 aromatic carbocycles. The summed E-state index contributed by atoms with van der Waals surface area (Å²) in [7, 11) is 0. The first kappa shape index (κ1) is 25.4. The van der Waals surface area contributed by atoms with E-state index in [1.54, 1.807) is 0 Å². The maximum atomic E-state index is 11.8. The minimum absolute atomic E-state index is 0.526. The molecular weight excluding hydrogens is 502 g/mol. The second-order valence-electron chi connectivity index (χ2n) is 10.1. The maximum absolute atomic E-state index is 11.8. The number of nitrogens with zero attached hydrogens (tertiary/aromatic N) is 2. The number of aliphatic carboxylic acids is 1. The normalized spacial score (nSPS) is 13.5. The molecule has 0 radical (unpaired) electrons. The molecule has 2 N–H and O–H groups in total. The largest absolute Gasteiger partial charge is 0.481 e. The van der Waals surface area contributed by atoms with Crippen LogP contribution in [0.15, 0.2) is 102 Å². The van der Waals surface area contributed by atoms with Gasteiger partial charge in [0.15, 0.2) is 5.76 Å². The number of nitrogens with one attached hydrogen (secondary N) is 1. The third-order valence-electron chi connectivity index (χ3n) is 7.40. The number of carboxylic acids is 1. The van der Waals surface area contributed by atoms with Crippen molar-refractivity contribution in [2.45, 2.75) is 31.6 Å². The van der Waals surface area contributed by atoms with Gasteiger partial charge in [0.05, 0.1) is 12.0 Å². The Labute approximate surface area is 232 Å². The van der Waals surface area contributed by atoms with Crippen molar-refractivity contribution in [1.29, 1.82) is 0 Å². The summed E-state index contributed by atoms with van der Waals surface area (Å²) in [6.45, 7) is 2.41. The molecule has 0 saturated heterocycles. The van der Waals surface area contributed by atoms with Gasteiger partial charge in [-0.2, -0.15) is 4.98 Å². The molecule has 5 aromatic rings. The molecule has 0 bridgehead atoms. The second kappa shape index (κ2) is 10.7. The zero-order chi connectivity index (χ0) is 27.5. The van der Waals surface area contributed by atoms with Gasteiger partial charge in [-0.05, 0) is 48.1 Å². The Morgan fingerprint density at radius 1 is 0.925 bits per heavy atom. The van der Waals surface area contributed by atoms with Gasteiger partial charge in [-0.3, -0.25) is 4.79 Å². The van der Waals surface area contributed by atoms with Crippen LogP contribution in [0.25, 0.3) is 22.5 Å². The Morgan fingerprint density at radius 2 is 1.65 bits per heavy atom. The predicted octanol–water partition coefficient (Wildman–Crippen LogP) is 7.19. The molecule has 0 unspecified atom stereocenters. The summed E-state index contributed by atoms with van der Waals surface area (Å²) < 4.78 is 11.7. The third-order valence-corrected chi connectivity index (χ3v) is 7.40. The molecule has 6 rings (SSSR count). The van der Waals surface area contributed by atoms with Crippen molar-refractivity contribution < 1.29 is 19.2 Å². The van der Waals surface area contributed by atoms with Gasteiger partial charge in [0, 0.05) is 18.1 Å². The van der Waals surface area contributed by atoms with E-state index < -0.39 is 11.4 Å². The van der Waals surface area contributed by atoms with Gasteiger partial charge in [0.1, 0.15) is 17.2 Å². The minimum Gasteiger partial charge on any atom is -0.481 e. The Bertz CT molecular complexity index is 1640. The van der Waals surface area contributed by atoms with E-state index >= 15 is 0 Å². The van der Waals surface area contributed by atoms with Crippen LogP contribution in [0.2, 0.25) is 0 Å². The van der Waals surface area contributed by atoms with Crippen LogP contribution in [0.4, 0.5) is 11.5 Å². The average Bonchev–Trinajstić information content (AvgIpc) is 3.73. The van der Waals surface area contributed by atoms with Gasteiger partial charge < -0.3 is 19.7 Å². The van der Waals surface area contributed by atoms with E-state index in [0.717, 1.165) is 34.4 Å². The summed E-state index contributed by atoms with van der Waals surface area (Å²) in [6, 6.07) is 31.6. The molecule has 0 aliphatic heterocycles. The third kappa shape index (κ3) is 5.06. The number of anilines is 2. The Morgan fingerprint density at radius 3 is 2.38 bits per heavy atom. The highest BCUT2D eigenvalue weighted by Crippen LogP contribution is 2.49. The highest BCUT2D eigenvalue weighted by Gasteiger charge is 2.51. The SMILES string of the molecule is Cc1noc(-c2ccccc2-c2ccc(C3(C(=O)O)CC3)cc2)c1Nc1cccc(OCCc2ccccc2)n1. The van der Waals surface area contributed by atoms with Crippen molar-refractivity contribution in [3.8, 4) is 28.3 Å². The van der Waals surface area contributed by atoms with Crippen LogP contribution >= 0.6 is 0 Å². The molecule has 1 aliphatic rings. The molecule has 200 valence electrons. The van der Waals surface area contributed by atoms with Crippen molar-refractivity contribution >= 4 is 17.5 Å². The zero-order valence-electron chi connectivity index (χ0n) is 22.1. The van der Waals surface area contributed by atoms with E-state index in [1.165, 1.54) is 5.56 Å². The van der Waals surface area contributed by atoms with Gasteiger partial charge >= 0.3 is 5.97 Å². The van der Waals surface area contributed by atoms with Crippen molar-refractivity contribution in [3.63, 3.8) is 0 Å². The fourth-order valence-electron chi connectivity index (χ4n) is 4.96. The van der Waals surface area contributed by atoms with Crippen LogP contribution in [-0.2, 0) is 16.6 Å². The first-order chi connectivity index (χ1) is 19.5. The molecule has 7 heteroatoms. The first-order valence-corrected chi connectivity index (χ1v) is 13.3. The van der Waals surface area contributed by atoms with Crippen LogP contribution in [0.5, 0.6) is 5.88 Å². The Kier molecular flexibility index (Phi) is 6.78. The highest BCUT2D eigenvalue weighted by atomic mass is 16.5. The van der Waals surface area contributed by atoms with Crippen molar-refractivity contribution in [3.05, 3.63) is 114 Å². The van der Waals surface area contributed by atoms with Crippen LogP contribution < -0.4 is 10.1 Å². The molecule has 7 nitrogen and oxygen atoms in total. The molecule has 1 saturated carbocycles. The zero-order valence-corrected chi connectivity index (χ0v) is 22.1. The lowest BCUT2D eigenvalue weighted by Gasteiger charge is -2.13. The molecule has 1 aliphatic carbocycles. The lowest BCUT2D eigenvalue weighted by atomic mass is 9.92. The van der Waals surface area contributed by atoms with E-state index in [-0.39, 0.29) is 0 Å². The number of aryl methyl sites for hydroxylation is 1. The van der Waals surface area contributed by atoms with Crippen LogP contribution in [-0.4, -0.2) is 27.8 Å². The van der Waals surface area contributed by atoms with Crippen molar-refractivity contribution in [2.75, 3.05) is 11.9 Å². The van der Waals surface area contributed by atoms with Crippen LogP contribution in [0.3, 0.4) is 0 Å². The van der Waals surface area contributed by atoms with E-state index in [4.69, 9.17) is 9.26 Å². The number of carbonyl (C=O) groups is 1. The van der Waals surface area contributed by atoms with Crippen LogP contribution in [0, 0.1) is 6.92 Å². The summed E-state index contributed by atoms with van der Waals surface area (Å²) in [4.78, 5) is 16.4. The predicted molar refractivity (Wildman–Crippen MR) is 154 cm³/mol. The molecule has 2 aromatic heterocycles. The number of hydrogen-bond donors (Lipinski definition) is 2. The molecule has 40 heavy (non-hydrogen) atoms. The van der Waals surface area contributed by atoms with Crippen molar-refractivity contribution in [1.82, 2.24) is 10.1 Å². The van der Waals surface area contributed by atoms with Gasteiger partial charge in [-0.1, -0.05) is 90.1 Å². The summed E-state index contributed by atoms with van der Waals surface area (Å²) in [5, 5.41) is 17.3. The Balaban J connectivity index is 1.23. The first-order valence-electron chi connectivity index (χ1n) is 13.3. The topological polar surface area (TPSA) is 97.5 Å². The average molecular weight is 532 g/mol. The smallest absolute Gasteiger partial charge is 0.314 e. The number of carboxylic acid groups (broad SMARTS) is 1. The highest BCUT2D eigenvalue weighted by molar-refractivity contribution is 5.89. The molecule has 1 fully saturated rings. The van der Waals surface area contributed by atoms with E-state index in [1.807, 2.05) is 91.9 Å². The van der Waals surface area contributed by atoms with Gasteiger partial charge in [0.2, 0.25) is 5.88 Å². The number of benzene rings is 3. The van der Waals surface area contributed by atoms with E-state index in [9.17, 15) is 9.90 Å². The standard InChI is InChI=1S/C33H29N3O4/c1-22-30(35-28-12-7-13-29(34-28)39-21-18-23-8-3-2-4-9-23)31(40-36-22)27-11-6-5-10-26(27)24-14-16-25(17-15-24)33(19-20-33)32(37)38/h2-17H,18-21H2,1H3,(H,34,35)(H,37,38). The fourth-order valence-corrected chi connectivity index (χ4v) is 4.96. The molecular formula is C33H29N3O4. The summed E-state index contributed by atoms with van der Waals surface area (Å²) in [6.07, 6.45) is 2.15. The minimum atomic E-state index is -0.757. The Hall–Kier alpha value is -4.91. The van der Waals surface area contributed by atoms with E-state index in [2.05, 4.69) is 27.6 Å². The number of rotatable bonds is 10. The number of aromatic nitrogens is 2. The lowest BCUT2D eigenvalue weighted by molar-refractivity contribution is -0.140. The van der Waals surface area contributed by atoms with Crippen molar-refractivity contribution in [2.24, 2.45) is 0 Å². The molecule has 0 amide bonds. The second-order valence-corrected chi connectivity index (χ2v) is 10.1. The van der Waals surface area contributed by atoms with Gasteiger partial charge in [-0.15, -0.1) is 0 Å². The summed E-state index contributed by atoms with van der Waals surface area (Å²) >= 11 is 0. The van der Waals surface area contributed by atoms with Crippen LogP contribution in [0.1, 0.15) is 29.7 Å². The molecule has 0 spiro atoms. The van der Waals surface area contributed by atoms with Gasteiger partial charge in [0.25, 0.3) is 0 Å².